The predicted octanol–water partition coefficient (Wildman–Crippen LogP) is 6.08. The number of anilines is 1. The number of hydrogen-bond donors (Lipinski definition) is 0. The standard InChI is InChI=1S/C28H28ClN3O3/c1-2-34-22-14-12-21(13-15-22)32-19-20(18-27(32)33)28-30-24-9-4-5-10-25(24)31(28)16-7-17-35-26-11-6-3-8-23(26)29/h3-6,8-15,20H,2,7,16-19H2,1H3/t20-/m0/s1. The molecule has 180 valence electrons. The molecule has 0 radical (unpaired) electrons. The van der Waals surface area contributed by atoms with E-state index in [1.54, 1.807) is 0 Å². The molecule has 5 rings (SSSR count). The number of rotatable bonds is 9. The fraction of sp³-hybridized carbons (Fsp3) is 0.286. The number of carbonyl (C=O) groups is 1. The van der Waals surface area contributed by atoms with Crippen LogP contribution in [0.1, 0.15) is 31.5 Å². The van der Waals surface area contributed by atoms with E-state index in [1.807, 2.05) is 78.6 Å². The molecule has 1 saturated heterocycles. The minimum Gasteiger partial charge on any atom is -0.494 e. The van der Waals surface area contributed by atoms with Crippen molar-refractivity contribution in [2.45, 2.75) is 32.2 Å². The molecule has 2 heterocycles. The summed E-state index contributed by atoms with van der Waals surface area (Å²) in [6.07, 6.45) is 1.23. The molecule has 0 aliphatic carbocycles. The van der Waals surface area contributed by atoms with E-state index in [0.717, 1.165) is 41.3 Å². The number of para-hydroxylation sites is 3. The highest BCUT2D eigenvalue weighted by Gasteiger charge is 2.34. The van der Waals surface area contributed by atoms with E-state index in [-0.39, 0.29) is 11.8 Å². The van der Waals surface area contributed by atoms with Gasteiger partial charge in [0.25, 0.3) is 0 Å². The lowest BCUT2D eigenvalue weighted by atomic mass is 10.1. The Balaban J connectivity index is 1.33. The number of hydrogen-bond acceptors (Lipinski definition) is 4. The van der Waals surface area contributed by atoms with E-state index in [1.165, 1.54) is 0 Å². The summed E-state index contributed by atoms with van der Waals surface area (Å²) in [7, 11) is 0. The zero-order valence-electron chi connectivity index (χ0n) is 19.7. The van der Waals surface area contributed by atoms with E-state index in [9.17, 15) is 4.79 Å². The molecule has 6 nitrogen and oxygen atoms in total. The number of imidazole rings is 1. The quantitative estimate of drug-likeness (QED) is 0.267. The topological polar surface area (TPSA) is 56.6 Å². The fourth-order valence-corrected chi connectivity index (χ4v) is 4.82. The second-order valence-corrected chi connectivity index (χ2v) is 8.98. The first-order valence-electron chi connectivity index (χ1n) is 12.0. The van der Waals surface area contributed by atoms with Crippen LogP contribution >= 0.6 is 11.6 Å². The highest BCUT2D eigenvalue weighted by Crippen LogP contribution is 2.34. The van der Waals surface area contributed by atoms with Crippen LogP contribution in [0.15, 0.2) is 72.8 Å². The van der Waals surface area contributed by atoms with E-state index in [2.05, 4.69) is 10.6 Å². The van der Waals surface area contributed by atoms with Crippen molar-refractivity contribution in [3.8, 4) is 11.5 Å². The number of carbonyl (C=O) groups excluding carboxylic acids is 1. The normalized spacial score (nSPS) is 15.7. The molecule has 0 spiro atoms. The summed E-state index contributed by atoms with van der Waals surface area (Å²) in [5, 5.41) is 0.611. The average Bonchev–Trinajstić information content (AvgIpc) is 3.44. The second kappa shape index (κ2) is 10.4. The van der Waals surface area contributed by atoms with Gasteiger partial charge in [-0.05, 0) is 61.9 Å². The summed E-state index contributed by atoms with van der Waals surface area (Å²) in [5.41, 5.74) is 2.91. The van der Waals surface area contributed by atoms with E-state index < -0.39 is 0 Å². The molecule has 1 aliphatic rings. The molecule has 1 aliphatic heterocycles. The largest absolute Gasteiger partial charge is 0.494 e. The van der Waals surface area contributed by atoms with E-state index in [4.69, 9.17) is 26.1 Å². The lowest BCUT2D eigenvalue weighted by Crippen LogP contribution is -2.24. The highest BCUT2D eigenvalue weighted by atomic mass is 35.5. The monoisotopic (exact) mass is 489 g/mol. The van der Waals surface area contributed by atoms with Gasteiger partial charge in [0.2, 0.25) is 5.91 Å². The number of aromatic nitrogens is 2. The molecule has 0 unspecified atom stereocenters. The second-order valence-electron chi connectivity index (χ2n) is 8.58. The lowest BCUT2D eigenvalue weighted by molar-refractivity contribution is -0.117. The molecule has 1 aromatic heterocycles. The van der Waals surface area contributed by atoms with Crippen molar-refractivity contribution >= 4 is 34.2 Å². The Labute approximate surface area is 210 Å². The van der Waals surface area contributed by atoms with Crippen LogP contribution in [-0.2, 0) is 11.3 Å². The van der Waals surface area contributed by atoms with Gasteiger partial charge >= 0.3 is 0 Å². The molecular formula is C28H28ClN3O3. The molecule has 0 bridgehead atoms. The number of nitrogens with zero attached hydrogens (tertiary/aromatic N) is 3. The number of benzene rings is 3. The summed E-state index contributed by atoms with van der Waals surface area (Å²) in [6, 6.07) is 23.3. The van der Waals surface area contributed by atoms with Crippen LogP contribution < -0.4 is 14.4 Å². The third-order valence-electron chi connectivity index (χ3n) is 6.25. The van der Waals surface area contributed by atoms with Crippen LogP contribution in [0.4, 0.5) is 5.69 Å². The Morgan fingerprint density at radius 1 is 1.00 bits per heavy atom. The maximum absolute atomic E-state index is 13.0. The molecule has 3 aromatic carbocycles. The summed E-state index contributed by atoms with van der Waals surface area (Å²) in [5.74, 6) is 2.58. The van der Waals surface area contributed by atoms with Gasteiger partial charge in [-0.2, -0.15) is 0 Å². The highest BCUT2D eigenvalue weighted by molar-refractivity contribution is 6.32. The van der Waals surface area contributed by atoms with Gasteiger partial charge in [0.15, 0.2) is 0 Å². The minimum absolute atomic E-state index is 0.0194. The molecule has 4 aromatic rings. The summed E-state index contributed by atoms with van der Waals surface area (Å²) >= 11 is 6.21. The minimum atomic E-state index is 0.0194. The van der Waals surface area contributed by atoms with Crippen LogP contribution in [0.25, 0.3) is 11.0 Å². The smallest absolute Gasteiger partial charge is 0.227 e. The zero-order valence-corrected chi connectivity index (χ0v) is 20.4. The van der Waals surface area contributed by atoms with Crippen molar-refractivity contribution in [2.75, 3.05) is 24.7 Å². The molecule has 1 atom stereocenters. The zero-order chi connectivity index (χ0) is 24.2. The van der Waals surface area contributed by atoms with E-state index in [0.29, 0.717) is 37.0 Å². The first-order valence-corrected chi connectivity index (χ1v) is 12.4. The molecule has 1 amide bonds. The van der Waals surface area contributed by atoms with Crippen molar-refractivity contribution in [1.82, 2.24) is 9.55 Å². The molecule has 7 heteroatoms. The van der Waals surface area contributed by atoms with Crippen molar-refractivity contribution in [2.24, 2.45) is 0 Å². The first-order chi connectivity index (χ1) is 17.1. The van der Waals surface area contributed by atoms with Crippen molar-refractivity contribution in [3.63, 3.8) is 0 Å². The maximum atomic E-state index is 13.0. The van der Waals surface area contributed by atoms with Gasteiger partial charge in [-0.3, -0.25) is 4.79 Å². The van der Waals surface area contributed by atoms with Crippen molar-refractivity contribution < 1.29 is 14.3 Å². The maximum Gasteiger partial charge on any atom is 0.227 e. The Kier molecular flexibility index (Phi) is 6.91. The SMILES string of the molecule is CCOc1ccc(N2C[C@@H](c3nc4ccccc4n3CCCOc3ccccc3Cl)CC2=O)cc1. The summed E-state index contributed by atoms with van der Waals surface area (Å²) < 4.78 is 13.7. The first kappa shape index (κ1) is 23.2. The summed E-state index contributed by atoms with van der Waals surface area (Å²) in [4.78, 5) is 19.8. The molecular weight excluding hydrogens is 462 g/mol. The Bertz CT molecular complexity index is 1320. The van der Waals surface area contributed by atoms with Crippen LogP contribution in [0.3, 0.4) is 0 Å². The van der Waals surface area contributed by atoms with Gasteiger partial charge in [0.1, 0.15) is 17.3 Å². The fourth-order valence-electron chi connectivity index (χ4n) is 4.63. The van der Waals surface area contributed by atoms with E-state index >= 15 is 0 Å². The number of aryl methyl sites for hydroxylation is 1. The van der Waals surface area contributed by atoms with Gasteiger partial charge in [0, 0.05) is 31.1 Å². The number of ether oxygens (including phenoxy) is 2. The van der Waals surface area contributed by atoms with Gasteiger partial charge in [-0.25, -0.2) is 4.98 Å². The Morgan fingerprint density at radius 2 is 1.77 bits per heavy atom. The summed E-state index contributed by atoms with van der Waals surface area (Å²) in [6.45, 7) is 4.46. The molecule has 0 saturated carbocycles. The van der Waals surface area contributed by atoms with Crippen molar-refractivity contribution in [3.05, 3.63) is 83.6 Å². The van der Waals surface area contributed by atoms with Crippen LogP contribution in [0.2, 0.25) is 5.02 Å². The average molecular weight is 490 g/mol. The van der Waals surface area contributed by atoms with Crippen LogP contribution in [-0.4, -0.2) is 35.2 Å². The number of halogens is 1. The number of amides is 1. The Morgan fingerprint density at radius 3 is 2.57 bits per heavy atom. The Hall–Kier alpha value is -3.51. The third-order valence-corrected chi connectivity index (χ3v) is 6.57. The predicted molar refractivity (Wildman–Crippen MR) is 139 cm³/mol. The van der Waals surface area contributed by atoms with Crippen molar-refractivity contribution in [1.29, 1.82) is 0 Å². The lowest BCUT2D eigenvalue weighted by Gasteiger charge is -2.18. The van der Waals surface area contributed by atoms with Gasteiger partial charge in [0.05, 0.1) is 29.3 Å². The van der Waals surface area contributed by atoms with Gasteiger partial charge in [-0.1, -0.05) is 35.9 Å². The van der Waals surface area contributed by atoms with Crippen LogP contribution in [0.5, 0.6) is 11.5 Å². The van der Waals surface area contributed by atoms with Gasteiger partial charge in [-0.15, -0.1) is 0 Å². The number of fused-ring (bicyclic) bond motifs is 1. The van der Waals surface area contributed by atoms with Crippen LogP contribution in [0, 0.1) is 0 Å². The molecule has 0 N–H and O–H groups in total. The third kappa shape index (κ3) is 4.98. The van der Waals surface area contributed by atoms with Gasteiger partial charge < -0.3 is 18.9 Å². The molecule has 1 fully saturated rings. The molecule has 35 heavy (non-hydrogen) atoms.